The van der Waals surface area contributed by atoms with Crippen LogP contribution in [0.5, 0.6) is 11.5 Å². The van der Waals surface area contributed by atoms with Crippen molar-refractivity contribution >= 4 is 28.5 Å². The Morgan fingerprint density at radius 2 is 1.69 bits per heavy atom. The molecule has 32 heavy (non-hydrogen) atoms. The van der Waals surface area contributed by atoms with E-state index in [0.29, 0.717) is 22.8 Å². The molecule has 0 aliphatic rings. The monoisotopic (exact) mass is 438 g/mol. The number of hydrogen-bond acceptors (Lipinski definition) is 6. The van der Waals surface area contributed by atoms with E-state index in [2.05, 4.69) is 10.5 Å². The van der Waals surface area contributed by atoms with Crippen molar-refractivity contribution in [3.05, 3.63) is 47.7 Å². The topological polar surface area (TPSA) is 90.7 Å². The molecular formula is C25H30N2O5. The van der Waals surface area contributed by atoms with Crippen molar-refractivity contribution < 1.29 is 23.6 Å². The van der Waals surface area contributed by atoms with Gasteiger partial charge in [-0.3, -0.25) is 9.59 Å². The highest BCUT2D eigenvalue weighted by molar-refractivity contribution is 5.97. The summed E-state index contributed by atoms with van der Waals surface area (Å²) < 4.78 is 16.8. The van der Waals surface area contributed by atoms with Crippen LogP contribution in [0.25, 0.3) is 11.0 Å². The largest absolute Gasteiger partial charge is 0.460 e. The summed E-state index contributed by atoms with van der Waals surface area (Å²) >= 11 is 0. The molecule has 0 spiro atoms. The maximum absolute atomic E-state index is 12.7. The highest BCUT2D eigenvalue weighted by Gasteiger charge is 2.32. The molecule has 0 atom stereocenters. The van der Waals surface area contributed by atoms with Crippen LogP contribution in [0.15, 0.2) is 40.9 Å². The molecule has 0 unspecified atom stereocenters. The zero-order valence-corrected chi connectivity index (χ0v) is 19.7. The standard InChI is InChI=1S/C25H30N2O5/c1-15-12-19(22-16(2)27-32-20(22)13-15)30-18-10-8-17(9-11-18)26-23(29)25(6,7)14-21(28)31-24(3,4)5/h8-13H,14H2,1-7H3,(H,26,29). The van der Waals surface area contributed by atoms with Crippen LogP contribution < -0.4 is 10.1 Å². The maximum Gasteiger partial charge on any atom is 0.307 e. The number of carbonyl (C=O) groups is 2. The third-order valence-electron chi connectivity index (χ3n) is 4.81. The van der Waals surface area contributed by atoms with Gasteiger partial charge in [0.2, 0.25) is 5.91 Å². The van der Waals surface area contributed by atoms with Crippen LogP contribution in [0.2, 0.25) is 0 Å². The number of aromatic nitrogens is 1. The van der Waals surface area contributed by atoms with Crippen molar-refractivity contribution in [3.63, 3.8) is 0 Å². The number of benzene rings is 2. The smallest absolute Gasteiger partial charge is 0.307 e. The minimum absolute atomic E-state index is 0.0151. The third kappa shape index (κ3) is 5.66. The Balaban J connectivity index is 1.68. The van der Waals surface area contributed by atoms with Gasteiger partial charge in [0.1, 0.15) is 17.1 Å². The highest BCUT2D eigenvalue weighted by atomic mass is 16.6. The lowest BCUT2D eigenvalue weighted by Crippen LogP contribution is -2.35. The van der Waals surface area contributed by atoms with Gasteiger partial charge in [0.15, 0.2) is 5.58 Å². The molecule has 1 N–H and O–H groups in total. The van der Waals surface area contributed by atoms with Crippen molar-refractivity contribution in [2.24, 2.45) is 5.41 Å². The van der Waals surface area contributed by atoms with E-state index in [-0.39, 0.29) is 12.3 Å². The van der Waals surface area contributed by atoms with E-state index in [9.17, 15) is 9.59 Å². The van der Waals surface area contributed by atoms with Gasteiger partial charge in [0.05, 0.1) is 22.9 Å². The Labute approximate surface area is 188 Å². The maximum atomic E-state index is 12.7. The molecule has 0 aliphatic heterocycles. The van der Waals surface area contributed by atoms with Crippen molar-refractivity contribution in [1.29, 1.82) is 0 Å². The number of esters is 1. The summed E-state index contributed by atoms with van der Waals surface area (Å²) in [5, 5.41) is 7.70. The minimum Gasteiger partial charge on any atom is -0.460 e. The van der Waals surface area contributed by atoms with Gasteiger partial charge in [-0.1, -0.05) is 19.0 Å². The second kappa shape index (κ2) is 8.65. The fourth-order valence-corrected chi connectivity index (χ4v) is 3.25. The predicted octanol–water partition coefficient (Wildman–Crippen LogP) is 5.93. The molecule has 1 aromatic heterocycles. The molecule has 7 heteroatoms. The Bertz CT molecular complexity index is 1140. The summed E-state index contributed by atoms with van der Waals surface area (Å²) in [5.74, 6) is 0.602. The Hall–Kier alpha value is -3.35. The van der Waals surface area contributed by atoms with Crippen molar-refractivity contribution in [1.82, 2.24) is 5.16 Å². The van der Waals surface area contributed by atoms with Gasteiger partial charge in [-0.2, -0.15) is 0 Å². The summed E-state index contributed by atoms with van der Waals surface area (Å²) in [5.41, 5.74) is 1.53. The van der Waals surface area contributed by atoms with Crippen LogP contribution in [-0.4, -0.2) is 22.6 Å². The molecule has 0 aliphatic carbocycles. The number of anilines is 1. The normalized spacial score (nSPS) is 12.0. The molecule has 170 valence electrons. The van der Waals surface area contributed by atoms with Gasteiger partial charge in [0, 0.05) is 5.69 Å². The van der Waals surface area contributed by atoms with Crippen LogP contribution >= 0.6 is 0 Å². The lowest BCUT2D eigenvalue weighted by molar-refractivity contribution is -0.158. The first kappa shape index (κ1) is 23.3. The SMILES string of the molecule is Cc1cc(Oc2ccc(NC(=O)C(C)(C)CC(=O)OC(C)(C)C)cc2)c2c(C)noc2c1. The van der Waals surface area contributed by atoms with Crippen LogP contribution in [-0.2, 0) is 14.3 Å². The van der Waals surface area contributed by atoms with Crippen molar-refractivity contribution in [3.8, 4) is 11.5 Å². The number of ether oxygens (including phenoxy) is 2. The van der Waals surface area contributed by atoms with Gasteiger partial charge >= 0.3 is 5.97 Å². The van der Waals surface area contributed by atoms with E-state index in [1.165, 1.54) is 0 Å². The Morgan fingerprint density at radius 1 is 1.03 bits per heavy atom. The zero-order valence-electron chi connectivity index (χ0n) is 19.7. The quantitative estimate of drug-likeness (QED) is 0.480. The molecule has 3 aromatic rings. The number of nitrogens with zero attached hydrogens (tertiary/aromatic N) is 1. The summed E-state index contributed by atoms with van der Waals surface area (Å²) in [6.45, 7) is 12.7. The van der Waals surface area contributed by atoms with Gasteiger partial charge in [-0.05, 0) is 76.6 Å². The number of nitrogens with one attached hydrogen (secondary N) is 1. The molecule has 0 radical (unpaired) electrons. The van der Waals surface area contributed by atoms with Gasteiger partial charge in [-0.25, -0.2) is 0 Å². The minimum atomic E-state index is -0.920. The summed E-state index contributed by atoms with van der Waals surface area (Å²) in [6.07, 6.45) is -0.0151. The molecule has 1 heterocycles. The number of aryl methyl sites for hydroxylation is 2. The van der Waals surface area contributed by atoms with Crippen LogP contribution in [0.4, 0.5) is 5.69 Å². The first-order valence-electron chi connectivity index (χ1n) is 10.5. The molecule has 2 aromatic carbocycles. The average Bonchev–Trinajstić information content (AvgIpc) is 3.02. The summed E-state index contributed by atoms with van der Waals surface area (Å²) in [7, 11) is 0. The number of hydrogen-bond donors (Lipinski definition) is 1. The van der Waals surface area contributed by atoms with E-state index in [1.54, 1.807) is 58.9 Å². The number of rotatable bonds is 6. The van der Waals surface area contributed by atoms with E-state index < -0.39 is 17.0 Å². The van der Waals surface area contributed by atoms with Gasteiger partial charge < -0.3 is 19.3 Å². The van der Waals surface area contributed by atoms with E-state index >= 15 is 0 Å². The van der Waals surface area contributed by atoms with Crippen LogP contribution in [0.3, 0.4) is 0 Å². The first-order chi connectivity index (χ1) is 14.8. The van der Waals surface area contributed by atoms with E-state index in [1.807, 2.05) is 26.0 Å². The molecular weight excluding hydrogens is 408 g/mol. The molecule has 0 saturated heterocycles. The van der Waals surface area contributed by atoms with Gasteiger partial charge in [0.25, 0.3) is 0 Å². The summed E-state index contributed by atoms with van der Waals surface area (Å²) in [6, 6.07) is 10.9. The van der Waals surface area contributed by atoms with Crippen molar-refractivity contribution in [2.75, 3.05) is 5.32 Å². The number of carbonyl (C=O) groups excluding carboxylic acids is 2. The molecule has 1 amide bonds. The zero-order chi connectivity index (χ0) is 23.7. The number of amides is 1. The highest BCUT2D eigenvalue weighted by Crippen LogP contribution is 2.34. The molecule has 7 nitrogen and oxygen atoms in total. The fourth-order valence-electron chi connectivity index (χ4n) is 3.25. The van der Waals surface area contributed by atoms with Crippen LogP contribution in [0.1, 0.15) is 52.3 Å². The Morgan fingerprint density at radius 3 is 2.31 bits per heavy atom. The summed E-state index contributed by atoms with van der Waals surface area (Å²) in [4.78, 5) is 24.9. The average molecular weight is 439 g/mol. The van der Waals surface area contributed by atoms with E-state index in [0.717, 1.165) is 16.6 Å². The second-order valence-corrected chi connectivity index (χ2v) is 9.63. The molecule has 0 bridgehead atoms. The first-order valence-corrected chi connectivity index (χ1v) is 10.5. The molecule has 3 rings (SSSR count). The van der Waals surface area contributed by atoms with E-state index in [4.69, 9.17) is 14.0 Å². The van der Waals surface area contributed by atoms with Crippen molar-refractivity contribution in [2.45, 2.75) is 60.5 Å². The van der Waals surface area contributed by atoms with Gasteiger partial charge in [-0.15, -0.1) is 0 Å². The Kier molecular flexibility index (Phi) is 6.30. The lowest BCUT2D eigenvalue weighted by atomic mass is 9.88. The lowest BCUT2D eigenvalue weighted by Gasteiger charge is -2.26. The molecule has 0 fully saturated rings. The molecule has 0 saturated carbocycles. The van der Waals surface area contributed by atoms with Crippen LogP contribution in [0, 0.1) is 19.3 Å². The number of fused-ring (bicyclic) bond motifs is 1. The second-order valence-electron chi connectivity index (χ2n) is 9.63. The predicted molar refractivity (Wildman–Crippen MR) is 123 cm³/mol. The third-order valence-corrected chi connectivity index (χ3v) is 4.81. The fraction of sp³-hybridized carbons (Fsp3) is 0.400.